The standard InChI is InChI=1S/C61H47N3/c1-3-23-48(24-4-2)62(49-28-11-6-12-29-49)53-42-47(43-54(44-53)63(50-30-13-7-14-31-50)51-32-15-8-16-33-51)56-38-22-37-55(61(56)45-25-9-5-10-26-45)46-27-21-34-52(41-46)64-59-39-19-17-35-57(59)58-36-18-20-40-60(58)64/h3-44H,1H2,2H3/b24-4-,48-23+. The molecule has 1 heterocycles. The molecule has 64 heavy (non-hydrogen) atoms. The molecule has 0 saturated heterocycles. The van der Waals surface area contributed by atoms with Crippen LogP contribution in [-0.2, 0) is 0 Å². The molecule has 306 valence electrons. The van der Waals surface area contributed by atoms with Crippen molar-refractivity contribution < 1.29 is 0 Å². The molecule has 0 amide bonds. The average molecular weight is 822 g/mol. The fraction of sp³-hybridized carbons (Fsp3) is 0.0164. The summed E-state index contributed by atoms with van der Waals surface area (Å²) >= 11 is 0. The van der Waals surface area contributed by atoms with Gasteiger partial charge in [-0.2, -0.15) is 0 Å². The van der Waals surface area contributed by atoms with Crippen molar-refractivity contribution in [1.29, 1.82) is 0 Å². The van der Waals surface area contributed by atoms with Crippen LogP contribution in [0.2, 0.25) is 0 Å². The van der Waals surface area contributed by atoms with Crippen LogP contribution in [0.25, 0.3) is 60.9 Å². The van der Waals surface area contributed by atoms with E-state index in [0.29, 0.717) is 0 Å². The second-order valence-corrected chi connectivity index (χ2v) is 15.8. The van der Waals surface area contributed by atoms with E-state index in [1.807, 2.05) is 6.08 Å². The fourth-order valence-corrected chi connectivity index (χ4v) is 9.09. The molecule has 1 aromatic heterocycles. The van der Waals surface area contributed by atoms with E-state index in [2.05, 4.69) is 277 Å². The third-order valence-corrected chi connectivity index (χ3v) is 11.8. The minimum Gasteiger partial charge on any atom is -0.310 e. The van der Waals surface area contributed by atoms with Crippen LogP contribution in [-0.4, -0.2) is 4.57 Å². The van der Waals surface area contributed by atoms with Gasteiger partial charge in [0.1, 0.15) is 0 Å². The Balaban J connectivity index is 1.25. The third-order valence-electron chi connectivity index (χ3n) is 11.8. The van der Waals surface area contributed by atoms with Gasteiger partial charge < -0.3 is 14.4 Å². The Morgan fingerprint density at radius 1 is 0.438 bits per heavy atom. The molecule has 0 radical (unpaired) electrons. The number of anilines is 5. The lowest BCUT2D eigenvalue weighted by Gasteiger charge is -2.31. The molecule has 0 aliphatic carbocycles. The number of para-hydroxylation sites is 5. The van der Waals surface area contributed by atoms with E-state index >= 15 is 0 Å². The molecule has 0 fully saturated rings. The van der Waals surface area contributed by atoms with Gasteiger partial charge >= 0.3 is 0 Å². The van der Waals surface area contributed by atoms with Gasteiger partial charge in [0, 0.05) is 50.6 Å². The van der Waals surface area contributed by atoms with Crippen molar-refractivity contribution >= 4 is 50.2 Å². The predicted octanol–water partition coefficient (Wildman–Crippen LogP) is 17.0. The highest BCUT2D eigenvalue weighted by Gasteiger charge is 2.22. The molecule has 10 aromatic rings. The van der Waals surface area contributed by atoms with E-state index in [1.54, 1.807) is 0 Å². The molecule has 0 aliphatic heterocycles. The number of rotatable bonds is 12. The van der Waals surface area contributed by atoms with Crippen molar-refractivity contribution in [3.05, 3.63) is 267 Å². The summed E-state index contributed by atoms with van der Waals surface area (Å²) in [6, 6.07) is 82.9. The average Bonchev–Trinajstić information content (AvgIpc) is 3.70. The summed E-state index contributed by atoms with van der Waals surface area (Å²) in [7, 11) is 0. The van der Waals surface area contributed by atoms with E-state index in [1.165, 1.54) is 21.8 Å². The van der Waals surface area contributed by atoms with E-state index in [0.717, 1.165) is 73.2 Å². The molecule has 0 unspecified atom stereocenters. The van der Waals surface area contributed by atoms with Gasteiger partial charge in [0.25, 0.3) is 0 Å². The van der Waals surface area contributed by atoms with E-state index in [4.69, 9.17) is 0 Å². The lowest BCUT2D eigenvalue weighted by molar-refractivity contribution is 1.18. The summed E-state index contributed by atoms with van der Waals surface area (Å²) in [4.78, 5) is 4.67. The summed E-state index contributed by atoms with van der Waals surface area (Å²) in [6.07, 6.45) is 8.17. The van der Waals surface area contributed by atoms with E-state index in [9.17, 15) is 0 Å². The zero-order chi connectivity index (χ0) is 43.2. The quantitative estimate of drug-likeness (QED) is 0.114. The van der Waals surface area contributed by atoms with E-state index < -0.39 is 0 Å². The van der Waals surface area contributed by atoms with Crippen LogP contribution in [0.15, 0.2) is 267 Å². The van der Waals surface area contributed by atoms with Crippen molar-refractivity contribution in [2.45, 2.75) is 6.92 Å². The first-order chi connectivity index (χ1) is 31.7. The summed E-state index contributed by atoms with van der Waals surface area (Å²) in [5.41, 5.74) is 16.5. The fourth-order valence-electron chi connectivity index (χ4n) is 9.09. The first-order valence-corrected chi connectivity index (χ1v) is 21.8. The van der Waals surface area contributed by atoms with Crippen molar-refractivity contribution in [2.75, 3.05) is 9.80 Å². The lowest BCUT2D eigenvalue weighted by atomic mass is 9.87. The molecule has 0 spiro atoms. The van der Waals surface area contributed by atoms with Gasteiger partial charge in [-0.3, -0.25) is 0 Å². The predicted molar refractivity (Wildman–Crippen MR) is 273 cm³/mol. The Hall–Kier alpha value is -8.40. The first kappa shape index (κ1) is 39.7. The highest BCUT2D eigenvalue weighted by atomic mass is 15.2. The van der Waals surface area contributed by atoms with Gasteiger partial charge in [0.15, 0.2) is 0 Å². The van der Waals surface area contributed by atoms with Gasteiger partial charge in [-0.1, -0.05) is 170 Å². The number of aromatic nitrogens is 1. The van der Waals surface area contributed by atoms with Crippen molar-refractivity contribution in [3.63, 3.8) is 0 Å². The minimum atomic E-state index is 0.997. The smallest absolute Gasteiger partial charge is 0.0541 e. The molecule has 0 saturated carbocycles. The molecule has 0 N–H and O–H groups in total. The summed E-state index contributed by atoms with van der Waals surface area (Å²) in [5, 5.41) is 2.49. The zero-order valence-corrected chi connectivity index (χ0v) is 35.8. The molecule has 0 aliphatic rings. The molecule has 3 heteroatoms. The maximum Gasteiger partial charge on any atom is 0.0541 e. The van der Waals surface area contributed by atoms with Gasteiger partial charge in [-0.25, -0.2) is 0 Å². The van der Waals surface area contributed by atoms with Crippen LogP contribution in [0, 0.1) is 0 Å². The third kappa shape index (κ3) is 7.61. The summed E-state index contributed by atoms with van der Waals surface area (Å²) < 4.78 is 2.40. The number of nitrogens with zero attached hydrogens (tertiary/aromatic N) is 3. The second kappa shape index (κ2) is 17.9. The van der Waals surface area contributed by atoms with Crippen molar-refractivity contribution in [2.24, 2.45) is 0 Å². The molecule has 0 atom stereocenters. The number of fused-ring (bicyclic) bond motifs is 3. The maximum atomic E-state index is 4.13. The summed E-state index contributed by atoms with van der Waals surface area (Å²) in [6.45, 7) is 6.19. The van der Waals surface area contributed by atoms with Gasteiger partial charge in [0.2, 0.25) is 0 Å². The normalized spacial score (nSPS) is 11.6. The minimum absolute atomic E-state index is 0.997. The van der Waals surface area contributed by atoms with Crippen molar-refractivity contribution in [1.82, 2.24) is 4.57 Å². The number of benzene rings is 9. The topological polar surface area (TPSA) is 11.4 Å². The lowest BCUT2D eigenvalue weighted by Crippen LogP contribution is -2.17. The largest absolute Gasteiger partial charge is 0.310 e. The van der Waals surface area contributed by atoms with Crippen LogP contribution in [0.3, 0.4) is 0 Å². The molecule has 3 nitrogen and oxygen atoms in total. The monoisotopic (exact) mass is 821 g/mol. The van der Waals surface area contributed by atoms with Crippen LogP contribution >= 0.6 is 0 Å². The molecule has 9 aromatic carbocycles. The molecular weight excluding hydrogens is 775 g/mol. The Morgan fingerprint density at radius 2 is 0.938 bits per heavy atom. The van der Waals surface area contributed by atoms with Crippen LogP contribution in [0.5, 0.6) is 0 Å². The highest BCUT2D eigenvalue weighted by molar-refractivity contribution is 6.09. The SMILES string of the molecule is C=C/C=C(\C=C/C)N(c1ccccc1)c1cc(-c2cccc(-c3cccc(-n4c5ccccc5c5ccccc54)c3)c2-c2ccccc2)cc(N(c2ccccc2)c2ccccc2)c1. The second-order valence-electron chi connectivity index (χ2n) is 15.8. The Morgan fingerprint density at radius 3 is 1.53 bits per heavy atom. The Kier molecular flexibility index (Phi) is 11.1. The first-order valence-electron chi connectivity index (χ1n) is 21.8. The van der Waals surface area contributed by atoms with Crippen LogP contribution in [0.1, 0.15) is 6.92 Å². The molecule has 10 rings (SSSR count). The molecular formula is C61H47N3. The Bertz CT molecular complexity index is 3200. The number of hydrogen-bond acceptors (Lipinski definition) is 2. The zero-order valence-electron chi connectivity index (χ0n) is 35.8. The van der Waals surface area contributed by atoms with Gasteiger partial charge in [0.05, 0.1) is 11.0 Å². The number of hydrogen-bond donors (Lipinski definition) is 0. The van der Waals surface area contributed by atoms with Crippen LogP contribution in [0.4, 0.5) is 28.4 Å². The highest BCUT2D eigenvalue weighted by Crippen LogP contribution is 2.46. The Labute approximate surface area is 376 Å². The van der Waals surface area contributed by atoms with Crippen LogP contribution < -0.4 is 9.80 Å². The van der Waals surface area contributed by atoms with Gasteiger partial charge in [-0.05, 0) is 131 Å². The summed E-state index contributed by atoms with van der Waals surface area (Å²) in [5.74, 6) is 0. The van der Waals surface area contributed by atoms with E-state index in [-0.39, 0.29) is 0 Å². The van der Waals surface area contributed by atoms with Crippen molar-refractivity contribution in [3.8, 4) is 39.1 Å². The molecule has 0 bridgehead atoms. The maximum absolute atomic E-state index is 4.13. The number of allylic oxidation sites excluding steroid dienone is 4. The van der Waals surface area contributed by atoms with Gasteiger partial charge in [-0.15, -0.1) is 0 Å².